The van der Waals surface area contributed by atoms with E-state index in [4.69, 9.17) is 10.8 Å². The molecule has 5 heteroatoms. The third-order valence-electron chi connectivity index (χ3n) is 1.98. The number of nitrogens with zero attached hydrogens (tertiary/aromatic N) is 2. The van der Waals surface area contributed by atoms with Crippen LogP contribution in [0.3, 0.4) is 0 Å². The van der Waals surface area contributed by atoms with Crippen LogP contribution in [0.25, 0.3) is 0 Å². The maximum Gasteiger partial charge on any atom is 0.337 e. The number of aromatic nitrogens is 1. The molecular weight excluding hydrogens is 182 g/mol. The molecule has 0 unspecified atom stereocenters. The third kappa shape index (κ3) is 1.93. The Bertz CT molecular complexity index is 352. The van der Waals surface area contributed by atoms with E-state index in [1.165, 1.54) is 12.3 Å². The van der Waals surface area contributed by atoms with Gasteiger partial charge in [-0.25, -0.2) is 9.78 Å². The zero-order valence-electron chi connectivity index (χ0n) is 8.19. The van der Waals surface area contributed by atoms with E-state index in [1.54, 1.807) is 0 Å². The van der Waals surface area contributed by atoms with Crippen molar-refractivity contribution in [1.82, 2.24) is 4.98 Å². The summed E-state index contributed by atoms with van der Waals surface area (Å²) in [6.07, 6.45) is 1.31. The summed E-state index contributed by atoms with van der Waals surface area (Å²) in [5.74, 6) is -0.410. The number of nitrogen functional groups attached to an aromatic ring is 1. The fourth-order valence-corrected chi connectivity index (χ4v) is 1.06. The lowest BCUT2D eigenvalue weighted by atomic mass is 10.2. The predicted octanol–water partition coefficient (Wildman–Crippen LogP) is 0.818. The maximum atomic E-state index is 10.6. The van der Waals surface area contributed by atoms with Gasteiger partial charge in [0.2, 0.25) is 0 Å². The fourth-order valence-electron chi connectivity index (χ4n) is 1.06. The summed E-state index contributed by atoms with van der Waals surface area (Å²) in [7, 11) is 1.85. The molecule has 0 aromatic carbocycles. The van der Waals surface area contributed by atoms with Crippen molar-refractivity contribution in [3.05, 3.63) is 17.8 Å². The number of hydrogen-bond donors (Lipinski definition) is 2. The van der Waals surface area contributed by atoms with Gasteiger partial charge in [-0.1, -0.05) is 0 Å². The molecular formula is C9H13N3O2. The highest BCUT2D eigenvalue weighted by molar-refractivity contribution is 5.89. The molecule has 0 spiro atoms. The number of anilines is 2. The number of aromatic carboxylic acids is 1. The van der Waals surface area contributed by atoms with Gasteiger partial charge in [-0.15, -0.1) is 0 Å². The van der Waals surface area contributed by atoms with Crippen molar-refractivity contribution in [2.75, 3.05) is 24.2 Å². The molecule has 0 radical (unpaired) electrons. The Morgan fingerprint density at radius 1 is 1.71 bits per heavy atom. The van der Waals surface area contributed by atoms with Gasteiger partial charge in [0.05, 0.1) is 11.3 Å². The fraction of sp³-hybridized carbons (Fsp3) is 0.333. The molecule has 1 aromatic rings. The van der Waals surface area contributed by atoms with Crippen molar-refractivity contribution < 1.29 is 9.90 Å². The number of carbonyl (C=O) groups is 1. The summed E-state index contributed by atoms with van der Waals surface area (Å²) in [5.41, 5.74) is 6.16. The first-order valence-electron chi connectivity index (χ1n) is 4.26. The van der Waals surface area contributed by atoms with Gasteiger partial charge in [-0.05, 0) is 13.0 Å². The van der Waals surface area contributed by atoms with Crippen molar-refractivity contribution in [2.45, 2.75) is 6.92 Å². The Balaban J connectivity index is 3.07. The van der Waals surface area contributed by atoms with Gasteiger partial charge in [0.1, 0.15) is 0 Å². The zero-order chi connectivity index (χ0) is 10.7. The van der Waals surface area contributed by atoms with Crippen LogP contribution >= 0.6 is 0 Å². The molecule has 1 heterocycles. The minimum atomic E-state index is -1.02. The third-order valence-corrected chi connectivity index (χ3v) is 1.98. The summed E-state index contributed by atoms with van der Waals surface area (Å²) in [5, 5.41) is 8.69. The molecule has 0 aliphatic heterocycles. The molecule has 0 atom stereocenters. The van der Waals surface area contributed by atoms with E-state index >= 15 is 0 Å². The van der Waals surface area contributed by atoms with Gasteiger partial charge in [-0.2, -0.15) is 0 Å². The number of carboxylic acids is 1. The lowest BCUT2D eigenvalue weighted by molar-refractivity contribution is 0.0696. The van der Waals surface area contributed by atoms with Crippen molar-refractivity contribution in [3.8, 4) is 0 Å². The summed E-state index contributed by atoms with van der Waals surface area (Å²) in [4.78, 5) is 16.4. The monoisotopic (exact) mass is 195 g/mol. The molecule has 0 saturated heterocycles. The molecule has 76 valence electrons. The van der Waals surface area contributed by atoms with Gasteiger partial charge in [0, 0.05) is 19.8 Å². The van der Waals surface area contributed by atoms with E-state index in [9.17, 15) is 4.79 Å². The van der Waals surface area contributed by atoms with Crippen LogP contribution in [-0.2, 0) is 0 Å². The minimum absolute atomic E-state index is 0.107. The molecule has 0 fully saturated rings. The first-order valence-corrected chi connectivity index (χ1v) is 4.26. The number of hydrogen-bond acceptors (Lipinski definition) is 4. The molecule has 14 heavy (non-hydrogen) atoms. The maximum absolute atomic E-state index is 10.6. The molecule has 0 amide bonds. The molecule has 1 aromatic heterocycles. The van der Waals surface area contributed by atoms with E-state index in [0.29, 0.717) is 11.5 Å². The second-order valence-electron chi connectivity index (χ2n) is 2.96. The number of carboxylic acid groups (broad SMARTS) is 1. The Morgan fingerprint density at radius 3 is 2.79 bits per heavy atom. The molecule has 0 saturated carbocycles. The lowest BCUT2D eigenvalue weighted by Crippen LogP contribution is -2.19. The smallest absolute Gasteiger partial charge is 0.337 e. The molecule has 0 aliphatic rings. The van der Waals surface area contributed by atoms with Crippen molar-refractivity contribution in [2.24, 2.45) is 0 Å². The standard InChI is InChI=1S/C9H13N3O2/c1-3-12(2)8-7(10)4-6(5-11-8)9(13)14/h4-5H,3,10H2,1-2H3,(H,13,14). The van der Waals surface area contributed by atoms with E-state index < -0.39 is 5.97 Å². The average Bonchev–Trinajstić information content (AvgIpc) is 2.16. The van der Waals surface area contributed by atoms with Crippen molar-refractivity contribution in [3.63, 3.8) is 0 Å². The van der Waals surface area contributed by atoms with Gasteiger partial charge >= 0.3 is 5.97 Å². The van der Waals surface area contributed by atoms with Gasteiger partial charge < -0.3 is 15.7 Å². The Morgan fingerprint density at radius 2 is 2.36 bits per heavy atom. The van der Waals surface area contributed by atoms with Gasteiger partial charge in [0.25, 0.3) is 0 Å². The highest BCUT2D eigenvalue weighted by atomic mass is 16.4. The van der Waals surface area contributed by atoms with Crippen LogP contribution in [0.2, 0.25) is 0 Å². The average molecular weight is 195 g/mol. The SMILES string of the molecule is CCN(C)c1ncc(C(=O)O)cc1N. The summed E-state index contributed by atoms with van der Waals surface area (Å²) in [6, 6.07) is 1.41. The number of rotatable bonds is 3. The highest BCUT2D eigenvalue weighted by Crippen LogP contribution is 2.19. The minimum Gasteiger partial charge on any atom is -0.478 e. The van der Waals surface area contributed by atoms with E-state index in [-0.39, 0.29) is 5.56 Å². The van der Waals surface area contributed by atoms with Crippen LogP contribution < -0.4 is 10.6 Å². The van der Waals surface area contributed by atoms with E-state index in [0.717, 1.165) is 6.54 Å². The first-order chi connectivity index (χ1) is 6.56. The summed E-state index contributed by atoms with van der Waals surface area (Å²) in [6.45, 7) is 2.73. The van der Waals surface area contributed by atoms with Crippen LogP contribution in [0, 0.1) is 0 Å². The summed E-state index contributed by atoms with van der Waals surface area (Å²) < 4.78 is 0. The van der Waals surface area contributed by atoms with Crippen molar-refractivity contribution in [1.29, 1.82) is 0 Å². The van der Waals surface area contributed by atoms with Crippen LogP contribution in [0.1, 0.15) is 17.3 Å². The first kappa shape index (κ1) is 10.3. The Kier molecular flexibility index (Phi) is 2.91. The second kappa shape index (κ2) is 3.95. The molecule has 0 bridgehead atoms. The molecule has 5 nitrogen and oxygen atoms in total. The van der Waals surface area contributed by atoms with Gasteiger partial charge in [-0.3, -0.25) is 0 Å². The zero-order valence-corrected chi connectivity index (χ0v) is 8.19. The quantitative estimate of drug-likeness (QED) is 0.746. The van der Waals surface area contributed by atoms with Crippen LogP contribution in [0.5, 0.6) is 0 Å². The van der Waals surface area contributed by atoms with Crippen LogP contribution in [0.4, 0.5) is 11.5 Å². The summed E-state index contributed by atoms with van der Waals surface area (Å²) >= 11 is 0. The van der Waals surface area contributed by atoms with Crippen molar-refractivity contribution >= 4 is 17.5 Å². The number of pyridine rings is 1. The Labute approximate surface area is 82.2 Å². The normalized spacial score (nSPS) is 9.86. The predicted molar refractivity (Wildman–Crippen MR) is 54.6 cm³/mol. The molecule has 0 aliphatic carbocycles. The van der Waals surface area contributed by atoms with Crippen LogP contribution in [0.15, 0.2) is 12.3 Å². The van der Waals surface area contributed by atoms with E-state index in [1.807, 2.05) is 18.9 Å². The molecule has 1 rings (SSSR count). The lowest BCUT2D eigenvalue weighted by Gasteiger charge is -2.17. The largest absolute Gasteiger partial charge is 0.478 e. The topological polar surface area (TPSA) is 79.5 Å². The van der Waals surface area contributed by atoms with E-state index in [2.05, 4.69) is 4.98 Å². The number of nitrogens with two attached hydrogens (primary N) is 1. The van der Waals surface area contributed by atoms with Gasteiger partial charge in [0.15, 0.2) is 5.82 Å². The second-order valence-corrected chi connectivity index (χ2v) is 2.96. The Hall–Kier alpha value is -1.78. The molecule has 3 N–H and O–H groups in total. The highest BCUT2D eigenvalue weighted by Gasteiger charge is 2.09. The van der Waals surface area contributed by atoms with Crippen LogP contribution in [-0.4, -0.2) is 29.7 Å².